The topological polar surface area (TPSA) is 48.1 Å². The third-order valence-corrected chi connectivity index (χ3v) is 6.36. The van der Waals surface area contributed by atoms with E-state index in [0.717, 1.165) is 37.4 Å². The zero-order chi connectivity index (χ0) is 24.6. The zero-order valence-electron chi connectivity index (χ0n) is 20.4. The molecule has 4 rings (SSSR count). The molecule has 6 nitrogen and oxygen atoms in total. The number of rotatable bonds is 9. The van der Waals surface area contributed by atoms with Gasteiger partial charge in [0.1, 0.15) is 0 Å². The van der Waals surface area contributed by atoms with E-state index in [1.165, 1.54) is 17.8 Å². The second-order valence-corrected chi connectivity index (χ2v) is 8.88. The fourth-order valence-electron chi connectivity index (χ4n) is 4.35. The van der Waals surface area contributed by atoms with E-state index in [4.69, 9.17) is 4.74 Å². The van der Waals surface area contributed by atoms with E-state index in [0.29, 0.717) is 6.54 Å². The molecule has 0 aliphatic carbocycles. The highest BCUT2D eigenvalue weighted by Gasteiger charge is 2.26. The van der Waals surface area contributed by atoms with Gasteiger partial charge in [-0.05, 0) is 42.0 Å². The lowest BCUT2D eigenvalue weighted by molar-refractivity contribution is -0.123. The molecule has 35 heavy (non-hydrogen) atoms. The summed E-state index contributed by atoms with van der Waals surface area (Å²) in [5.41, 5.74) is 3.51. The Hall–Kier alpha value is -3.58. The average molecular weight is 477 g/mol. The number of ether oxygens (including phenoxy) is 1. The molecule has 1 N–H and O–H groups in total. The van der Waals surface area contributed by atoms with Crippen LogP contribution in [-0.2, 0) is 4.79 Å². The number of hydrogen-bond donors (Lipinski definition) is 1. The minimum Gasteiger partial charge on any atom is -0.481 e. The van der Waals surface area contributed by atoms with Crippen LogP contribution >= 0.6 is 0 Å². The molecule has 0 saturated carbocycles. The van der Waals surface area contributed by atoms with Gasteiger partial charge in [0.05, 0.1) is 6.04 Å². The normalized spacial score (nSPS) is 14.9. The summed E-state index contributed by atoms with van der Waals surface area (Å²) < 4.78 is 19.2. The lowest BCUT2D eigenvalue weighted by Crippen LogP contribution is -2.50. The number of carbonyl (C=O) groups is 1. The number of hydrogen-bond acceptors (Lipinski definition) is 5. The molecule has 1 aliphatic heterocycles. The molecule has 1 aliphatic rings. The predicted octanol–water partition coefficient (Wildman–Crippen LogP) is 3.95. The molecular weight excluding hydrogens is 443 g/mol. The molecule has 3 aromatic rings. The van der Waals surface area contributed by atoms with E-state index in [1.54, 1.807) is 12.1 Å². The van der Waals surface area contributed by atoms with Gasteiger partial charge in [0, 0.05) is 58.2 Å². The summed E-state index contributed by atoms with van der Waals surface area (Å²) in [6.45, 7) is 3.83. The largest absolute Gasteiger partial charge is 0.481 e. The van der Waals surface area contributed by atoms with Crippen LogP contribution in [-0.4, -0.2) is 64.2 Å². The first-order chi connectivity index (χ1) is 17.0. The maximum Gasteiger partial charge on any atom is 0.258 e. The minimum absolute atomic E-state index is 0.0292. The monoisotopic (exact) mass is 476 g/mol. The Morgan fingerprint density at radius 1 is 0.943 bits per heavy atom. The summed E-state index contributed by atoms with van der Waals surface area (Å²) in [4.78, 5) is 19.4. The van der Waals surface area contributed by atoms with E-state index in [1.807, 2.05) is 20.2 Å². The molecule has 0 aromatic heterocycles. The van der Waals surface area contributed by atoms with Crippen LogP contribution in [0.5, 0.6) is 5.75 Å². The lowest BCUT2D eigenvalue weighted by atomic mass is 10.0. The number of amides is 1. The molecule has 0 bridgehead atoms. The van der Waals surface area contributed by atoms with Crippen molar-refractivity contribution >= 4 is 17.3 Å². The first-order valence-corrected chi connectivity index (χ1v) is 12.0. The fourth-order valence-corrected chi connectivity index (χ4v) is 4.35. The smallest absolute Gasteiger partial charge is 0.258 e. The van der Waals surface area contributed by atoms with Crippen LogP contribution in [0.1, 0.15) is 11.6 Å². The Kier molecular flexibility index (Phi) is 8.21. The van der Waals surface area contributed by atoms with Gasteiger partial charge in [0.2, 0.25) is 0 Å². The van der Waals surface area contributed by atoms with Crippen molar-refractivity contribution in [2.24, 2.45) is 0 Å². The second-order valence-electron chi connectivity index (χ2n) is 8.88. The van der Waals surface area contributed by atoms with Gasteiger partial charge >= 0.3 is 0 Å². The standard InChI is InChI=1S/C28H33FN4O2/c1-31(2)23-14-12-22(13-15-23)26(20-30-28(34)21-35-27-11-7-6-10-25(27)29)33-18-16-32(17-19-33)24-8-4-3-5-9-24/h3-15,26H,16-21H2,1-2H3,(H,30,34)/t26-/m1/s1. The van der Waals surface area contributed by atoms with Gasteiger partial charge in [-0.2, -0.15) is 0 Å². The van der Waals surface area contributed by atoms with Crippen LogP contribution in [0.4, 0.5) is 15.8 Å². The maximum absolute atomic E-state index is 13.8. The van der Waals surface area contributed by atoms with Gasteiger partial charge < -0.3 is 19.9 Å². The van der Waals surface area contributed by atoms with Crippen LogP contribution in [0.3, 0.4) is 0 Å². The Balaban J connectivity index is 1.40. The summed E-state index contributed by atoms with van der Waals surface area (Å²) >= 11 is 0. The highest BCUT2D eigenvalue weighted by molar-refractivity contribution is 5.77. The molecular formula is C28H33FN4O2. The molecule has 1 fully saturated rings. The first-order valence-electron chi connectivity index (χ1n) is 12.0. The van der Waals surface area contributed by atoms with Crippen molar-refractivity contribution in [1.82, 2.24) is 10.2 Å². The number of anilines is 2. The summed E-state index contributed by atoms with van der Waals surface area (Å²) in [6, 6.07) is 25.0. The number of nitrogens with zero attached hydrogens (tertiary/aromatic N) is 3. The lowest BCUT2D eigenvalue weighted by Gasteiger charge is -2.40. The summed E-state index contributed by atoms with van der Waals surface area (Å²) in [5.74, 6) is -0.669. The zero-order valence-corrected chi connectivity index (χ0v) is 20.4. The Morgan fingerprint density at radius 3 is 2.26 bits per heavy atom. The molecule has 0 unspecified atom stereocenters. The number of benzene rings is 3. The van der Waals surface area contributed by atoms with Crippen LogP contribution in [0.2, 0.25) is 0 Å². The third kappa shape index (κ3) is 6.51. The van der Waals surface area contributed by atoms with Crippen LogP contribution in [0.25, 0.3) is 0 Å². The van der Waals surface area contributed by atoms with Crippen LogP contribution in [0, 0.1) is 5.82 Å². The highest BCUT2D eigenvalue weighted by Crippen LogP contribution is 2.26. The van der Waals surface area contributed by atoms with Crippen LogP contribution < -0.4 is 19.9 Å². The predicted molar refractivity (Wildman–Crippen MR) is 139 cm³/mol. The number of piperazine rings is 1. The third-order valence-electron chi connectivity index (χ3n) is 6.36. The molecule has 1 saturated heterocycles. The molecule has 1 atom stereocenters. The van der Waals surface area contributed by atoms with Crippen molar-refractivity contribution in [1.29, 1.82) is 0 Å². The average Bonchev–Trinajstić information content (AvgIpc) is 2.89. The van der Waals surface area contributed by atoms with Crippen molar-refractivity contribution in [3.63, 3.8) is 0 Å². The van der Waals surface area contributed by atoms with E-state index in [-0.39, 0.29) is 24.3 Å². The highest BCUT2D eigenvalue weighted by atomic mass is 19.1. The SMILES string of the molecule is CN(C)c1ccc([C@@H](CNC(=O)COc2ccccc2F)N2CCN(c3ccccc3)CC2)cc1. The van der Waals surface area contributed by atoms with E-state index >= 15 is 0 Å². The van der Waals surface area contributed by atoms with Crippen molar-refractivity contribution in [2.75, 3.05) is 63.2 Å². The number of nitrogens with one attached hydrogen (secondary N) is 1. The molecule has 1 heterocycles. The van der Waals surface area contributed by atoms with E-state index in [9.17, 15) is 9.18 Å². The molecule has 3 aromatic carbocycles. The Labute approximate surface area is 206 Å². The summed E-state index contributed by atoms with van der Waals surface area (Å²) in [7, 11) is 4.04. The van der Waals surface area contributed by atoms with Crippen molar-refractivity contribution < 1.29 is 13.9 Å². The molecule has 0 spiro atoms. The van der Waals surface area contributed by atoms with Crippen molar-refractivity contribution in [3.8, 4) is 5.75 Å². The van der Waals surface area contributed by atoms with Gasteiger partial charge in [-0.1, -0.05) is 42.5 Å². The molecule has 184 valence electrons. The number of para-hydroxylation sites is 2. The van der Waals surface area contributed by atoms with Crippen molar-refractivity contribution in [3.05, 3.63) is 90.2 Å². The Bertz CT molecular complexity index is 1080. The Morgan fingerprint density at radius 2 is 1.60 bits per heavy atom. The van der Waals surface area contributed by atoms with Gasteiger partial charge in [-0.25, -0.2) is 4.39 Å². The van der Waals surface area contributed by atoms with Gasteiger partial charge in [0.15, 0.2) is 18.2 Å². The minimum atomic E-state index is -0.476. The van der Waals surface area contributed by atoms with Gasteiger partial charge in [-0.3, -0.25) is 9.69 Å². The summed E-state index contributed by atoms with van der Waals surface area (Å²) in [6.07, 6.45) is 0. The van der Waals surface area contributed by atoms with Gasteiger partial charge in [-0.15, -0.1) is 0 Å². The van der Waals surface area contributed by atoms with E-state index < -0.39 is 5.82 Å². The van der Waals surface area contributed by atoms with E-state index in [2.05, 4.69) is 68.5 Å². The van der Waals surface area contributed by atoms with Crippen LogP contribution in [0.15, 0.2) is 78.9 Å². The molecule has 7 heteroatoms. The molecule has 0 radical (unpaired) electrons. The van der Waals surface area contributed by atoms with Gasteiger partial charge in [0.25, 0.3) is 5.91 Å². The first kappa shape index (κ1) is 24.5. The number of halogens is 1. The quantitative estimate of drug-likeness (QED) is 0.507. The maximum atomic E-state index is 13.8. The second kappa shape index (κ2) is 11.7. The fraction of sp³-hybridized carbons (Fsp3) is 0.321. The van der Waals surface area contributed by atoms with Crippen molar-refractivity contribution in [2.45, 2.75) is 6.04 Å². The number of carbonyl (C=O) groups excluding carboxylic acids is 1. The summed E-state index contributed by atoms with van der Waals surface area (Å²) in [5, 5.41) is 3.00. The molecule has 1 amide bonds.